The molecule has 150 valence electrons. The van der Waals surface area contributed by atoms with Crippen molar-refractivity contribution in [2.24, 2.45) is 5.92 Å². The molecule has 0 aliphatic carbocycles. The average molecular weight is 377 g/mol. The van der Waals surface area contributed by atoms with Gasteiger partial charge in [0, 0.05) is 31.0 Å². The number of anilines is 2. The summed E-state index contributed by atoms with van der Waals surface area (Å²) in [5.74, 6) is 0.244. The monoisotopic (exact) mass is 376 g/mol. The summed E-state index contributed by atoms with van der Waals surface area (Å²) in [7, 11) is 0. The summed E-state index contributed by atoms with van der Waals surface area (Å²) in [5.41, 5.74) is 1.89. The van der Waals surface area contributed by atoms with E-state index in [9.17, 15) is 9.59 Å². The van der Waals surface area contributed by atoms with Crippen molar-refractivity contribution in [1.82, 2.24) is 10.2 Å². The van der Waals surface area contributed by atoms with E-state index in [1.165, 1.54) is 0 Å². The topological polar surface area (TPSA) is 73.9 Å². The molecule has 2 rings (SSSR count). The van der Waals surface area contributed by atoms with Crippen molar-refractivity contribution >= 4 is 23.2 Å². The van der Waals surface area contributed by atoms with Crippen molar-refractivity contribution in [3.8, 4) is 0 Å². The van der Waals surface area contributed by atoms with Gasteiger partial charge in [-0.2, -0.15) is 0 Å². The van der Waals surface area contributed by atoms with Crippen LogP contribution in [0.4, 0.5) is 11.4 Å². The molecule has 0 atom stereocenters. The number of morpholine rings is 1. The van der Waals surface area contributed by atoms with E-state index in [1.807, 2.05) is 36.1 Å². The first-order chi connectivity index (χ1) is 13.0. The second kappa shape index (κ2) is 10.9. The van der Waals surface area contributed by atoms with E-state index >= 15 is 0 Å². The number of hydrogen-bond donors (Lipinski definition) is 2. The molecule has 1 aliphatic heterocycles. The Bertz CT molecular complexity index is 598. The Morgan fingerprint density at radius 3 is 2.33 bits per heavy atom. The zero-order chi connectivity index (χ0) is 19.6. The van der Waals surface area contributed by atoms with Crippen molar-refractivity contribution < 1.29 is 14.3 Å². The maximum Gasteiger partial charge on any atom is 0.238 e. The Hall–Kier alpha value is -2.12. The predicted octanol–water partition coefficient (Wildman–Crippen LogP) is 1.56. The molecule has 2 amide bonds. The lowest BCUT2D eigenvalue weighted by atomic mass is 10.2. The van der Waals surface area contributed by atoms with Crippen LogP contribution >= 0.6 is 0 Å². The van der Waals surface area contributed by atoms with Gasteiger partial charge >= 0.3 is 0 Å². The van der Waals surface area contributed by atoms with E-state index in [-0.39, 0.29) is 24.9 Å². The Balaban J connectivity index is 1.80. The van der Waals surface area contributed by atoms with Gasteiger partial charge in [0.1, 0.15) is 0 Å². The fraction of sp³-hybridized carbons (Fsp3) is 0.600. The highest BCUT2D eigenvalue weighted by Gasteiger charge is 2.14. The standard InChI is InChI=1S/C20H32N4O3/c1-4-23(14-19(25)21-13-16(2)3)15-20(26)22-17-5-7-18(8-6-17)24-9-11-27-12-10-24/h5-8,16H,4,9-15H2,1-3H3,(H,21,25)(H,22,26). The van der Waals surface area contributed by atoms with Crippen LogP contribution in [0.3, 0.4) is 0 Å². The summed E-state index contributed by atoms with van der Waals surface area (Å²) in [5, 5.41) is 5.79. The molecule has 1 fully saturated rings. The van der Waals surface area contributed by atoms with Crippen molar-refractivity contribution in [2.75, 3.05) is 62.7 Å². The normalized spacial score (nSPS) is 14.5. The third-order valence-corrected chi connectivity index (χ3v) is 4.42. The second-order valence-corrected chi connectivity index (χ2v) is 7.20. The number of carbonyl (C=O) groups excluding carboxylic acids is 2. The zero-order valence-corrected chi connectivity index (χ0v) is 16.7. The summed E-state index contributed by atoms with van der Waals surface area (Å²) in [4.78, 5) is 28.3. The molecule has 7 heteroatoms. The van der Waals surface area contributed by atoms with Gasteiger partial charge in [-0.15, -0.1) is 0 Å². The first-order valence-electron chi connectivity index (χ1n) is 9.69. The zero-order valence-electron chi connectivity index (χ0n) is 16.7. The highest BCUT2D eigenvalue weighted by Crippen LogP contribution is 2.19. The Morgan fingerprint density at radius 2 is 1.74 bits per heavy atom. The number of amides is 2. The maximum absolute atomic E-state index is 12.3. The lowest BCUT2D eigenvalue weighted by molar-refractivity contribution is -0.123. The van der Waals surface area contributed by atoms with Crippen LogP contribution in [0.15, 0.2) is 24.3 Å². The first-order valence-corrected chi connectivity index (χ1v) is 9.69. The number of ether oxygens (including phenoxy) is 1. The smallest absolute Gasteiger partial charge is 0.238 e. The molecular formula is C20H32N4O3. The predicted molar refractivity (Wildman–Crippen MR) is 108 cm³/mol. The molecule has 0 unspecified atom stereocenters. The molecule has 0 spiro atoms. The second-order valence-electron chi connectivity index (χ2n) is 7.20. The van der Waals surface area contributed by atoms with Gasteiger partial charge in [-0.05, 0) is 36.7 Å². The number of likely N-dealkylation sites (N-methyl/N-ethyl adjacent to an activating group) is 1. The van der Waals surface area contributed by atoms with Crippen molar-refractivity contribution in [3.63, 3.8) is 0 Å². The van der Waals surface area contributed by atoms with Crippen LogP contribution in [-0.2, 0) is 14.3 Å². The van der Waals surface area contributed by atoms with Gasteiger partial charge in [0.05, 0.1) is 26.3 Å². The van der Waals surface area contributed by atoms with Crippen LogP contribution in [0.2, 0.25) is 0 Å². The van der Waals surface area contributed by atoms with Gasteiger partial charge in [0.2, 0.25) is 11.8 Å². The van der Waals surface area contributed by atoms with E-state index in [2.05, 4.69) is 29.4 Å². The highest BCUT2D eigenvalue weighted by molar-refractivity contribution is 5.92. The quantitative estimate of drug-likeness (QED) is 0.684. The van der Waals surface area contributed by atoms with Crippen LogP contribution < -0.4 is 15.5 Å². The number of benzene rings is 1. The Morgan fingerprint density at radius 1 is 1.11 bits per heavy atom. The minimum absolute atomic E-state index is 0.0479. The van der Waals surface area contributed by atoms with Gasteiger partial charge in [-0.1, -0.05) is 20.8 Å². The van der Waals surface area contributed by atoms with E-state index in [1.54, 1.807) is 0 Å². The summed E-state index contributed by atoms with van der Waals surface area (Å²) < 4.78 is 5.37. The molecule has 7 nitrogen and oxygen atoms in total. The van der Waals surface area contributed by atoms with E-state index in [4.69, 9.17) is 4.74 Å². The third-order valence-electron chi connectivity index (χ3n) is 4.42. The van der Waals surface area contributed by atoms with Gasteiger partial charge in [-0.25, -0.2) is 0 Å². The highest BCUT2D eigenvalue weighted by atomic mass is 16.5. The van der Waals surface area contributed by atoms with Crippen LogP contribution in [0.5, 0.6) is 0 Å². The molecule has 2 N–H and O–H groups in total. The molecule has 1 heterocycles. The molecule has 1 aromatic carbocycles. The summed E-state index contributed by atoms with van der Waals surface area (Å²) in [6.07, 6.45) is 0. The van der Waals surface area contributed by atoms with Crippen molar-refractivity contribution in [3.05, 3.63) is 24.3 Å². The summed E-state index contributed by atoms with van der Waals surface area (Å²) in [6.45, 7) is 11.0. The molecule has 1 saturated heterocycles. The Labute approximate surface area is 162 Å². The van der Waals surface area contributed by atoms with Gasteiger partial charge in [0.15, 0.2) is 0 Å². The van der Waals surface area contributed by atoms with Gasteiger partial charge in [0.25, 0.3) is 0 Å². The molecule has 1 aliphatic rings. The minimum Gasteiger partial charge on any atom is -0.378 e. The maximum atomic E-state index is 12.3. The SMILES string of the molecule is CCN(CC(=O)NCC(C)C)CC(=O)Nc1ccc(N2CCOCC2)cc1. The van der Waals surface area contributed by atoms with Crippen LogP contribution in [0.25, 0.3) is 0 Å². The summed E-state index contributed by atoms with van der Waals surface area (Å²) in [6, 6.07) is 7.85. The van der Waals surface area contributed by atoms with Gasteiger partial charge < -0.3 is 20.3 Å². The van der Waals surface area contributed by atoms with Crippen LogP contribution in [-0.4, -0.2) is 69.2 Å². The molecule has 0 aromatic heterocycles. The fourth-order valence-electron chi connectivity index (χ4n) is 2.84. The molecule has 0 radical (unpaired) electrons. The lowest BCUT2D eigenvalue weighted by Gasteiger charge is -2.29. The molecule has 0 bridgehead atoms. The fourth-order valence-corrected chi connectivity index (χ4v) is 2.84. The molecule has 1 aromatic rings. The van der Waals surface area contributed by atoms with Crippen LogP contribution in [0, 0.1) is 5.92 Å². The van der Waals surface area contributed by atoms with Crippen molar-refractivity contribution in [1.29, 1.82) is 0 Å². The number of hydrogen-bond acceptors (Lipinski definition) is 5. The largest absolute Gasteiger partial charge is 0.378 e. The molecular weight excluding hydrogens is 344 g/mol. The lowest BCUT2D eigenvalue weighted by Crippen LogP contribution is -2.41. The molecule has 0 saturated carbocycles. The van der Waals surface area contributed by atoms with E-state index < -0.39 is 0 Å². The minimum atomic E-state index is -0.118. The number of carbonyl (C=O) groups is 2. The first kappa shape index (κ1) is 21.2. The van der Waals surface area contributed by atoms with Crippen LogP contribution in [0.1, 0.15) is 20.8 Å². The van der Waals surface area contributed by atoms with Crippen molar-refractivity contribution in [2.45, 2.75) is 20.8 Å². The number of nitrogens with one attached hydrogen (secondary N) is 2. The summed E-state index contributed by atoms with van der Waals surface area (Å²) >= 11 is 0. The van der Waals surface area contributed by atoms with E-state index in [0.29, 0.717) is 19.0 Å². The number of rotatable bonds is 9. The number of nitrogens with zero attached hydrogens (tertiary/aromatic N) is 2. The van der Waals surface area contributed by atoms with Gasteiger partial charge in [-0.3, -0.25) is 14.5 Å². The molecule has 27 heavy (non-hydrogen) atoms. The average Bonchev–Trinajstić information content (AvgIpc) is 2.67. The third kappa shape index (κ3) is 7.56. The Kier molecular flexibility index (Phi) is 8.54. The van der Waals surface area contributed by atoms with E-state index in [0.717, 1.165) is 37.7 Å².